The molecule has 0 radical (unpaired) electrons. The number of imidazole rings is 1. The van der Waals surface area contributed by atoms with Crippen LogP contribution in [0.2, 0.25) is 0 Å². The summed E-state index contributed by atoms with van der Waals surface area (Å²) in [6.07, 6.45) is 8.31. The van der Waals surface area contributed by atoms with Gasteiger partial charge in [-0.1, -0.05) is 0 Å². The van der Waals surface area contributed by atoms with Crippen LogP contribution in [0.5, 0.6) is 0 Å². The maximum Gasteiger partial charge on any atom is 0.143 e. The summed E-state index contributed by atoms with van der Waals surface area (Å²) in [5.41, 5.74) is 1.06. The minimum Gasteiger partial charge on any atom is -0.319 e. The minimum absolute atomic E-state index is 0.815. The Hall–Kier alpha value is -1.23. The van der Waals surface area contributed by atoms with Crippen LogP contribution in [0.3, 0.4) is 0 Å². The molecule has 4 nitrogen and oxygen atoms in total. The molecule has 2 aromatic rings. The Morgan fingerprint density at radius 2 is 2.25 bits per heavy atom. The molecular weight excluding hydrogens is 220 g/mol. The number of hydrogen-bond acceptors (Lipinski definition) is 3. The topological polar surface area (TPSA) is 35.6 Å². The SMILES string of the molecule is Cn1cc(-c2ncc(S)n2CC2CC2)cn1. The van der Waals surface area contributed by atoms with Gasteiger partial charge in [-0.3, -0.25) is 4.68 Å². The van der Waals surface area contributed by atoms with E-state index in [9.17, 15) is 0 Å². The summed E-state index contributed by atoms with van der Waals surface area (Å²) in [6, 6.07) is 0. The van der Waals surface area contributed by atoms with Crippen LogP contribution in [0.15, 0.2) is 23.6 Å². The van der Waals surface area contributed by atoms with Crippen molar-refractivity contribution in [3.8, 4) is 11.4 Å². The maximum absolute atomic E-state index is 4.45. The minimum atomic E-state index is 0.815. The Labute approximate surface area is 99.7 Å². The van der Waals surface area contributed by atoms with E-state index in [1.54, 1.807) is 4.68 Å². The molecule has 1 fully saturated rings. The van der Waals surface area contributed by atoms with E-state index in [4.69, 9.17) is 0 Å². The average molecular weight is 234 g/mol. The summed E-state index contributed by atoms with van der Waals surface area (Å²) < 4.78 is 3.97. The summed E-state index contributed by atoms with van der Waals surface area (Å²) >= 11 is 4.45. The van der Waals surface area contributed by atoms with Crippen LogP contribution < -0.4 is 0 Å². The number of hydrogen-bond donors (Lipinski definition) is 1. The van der Waals surface area contributed by atoms with Crippen LogP contribution >= 0.6 is 12.6 Å². The zero-order chi connectivity index (χ0) is 11.1. The van der Waals surface area contributed by atoms with E-state index in [0.29, 0.717) is 0 Å². The molecule has 2 aromatic heterocycles. The number of rotatable bonds is 3. The molecule has 0 aromatic carbocycles. The first-order valence-corrected chi connectivity index (χ1v) is 5.92. The van der Waals surface area contributed by atoms with E-state index in [0.717, 1.165) is 28.9 Å². The van der Waals surface area contributed by atoms with Crippen LogP contribution in [0.25, 0.3) is 11.4 Å². The second kappa shape index (κ2) is 3.66. The van der Waals surface area contributed by atoms with Gasteiger partial charge in [-0.25, -0.2) is 4.98 Å². The highest BCUT2D eigenvalue weighted by Gasteiger charge is 2.24. The number of aromatic nitrogens is 4. The van der Waals surface area contributed by atoms with Gasteiger partial charge < -0.3 is 4.57 Å². The Morgan fingerprint density at radius 3 is 2.88 bits per heavy atom. The van der Waals surface area contributed by atoms with Crippen molar-refractivity contribution in [3.63, 3.8) is 0 Å². The Kier molecular flexibility index (Phi) is 2.28. The van der Waals surface area contributed by atoms with E-state index in [2.05, 4.69) is 27.3 Å². The summed E-state index contributed by atoms with van der Waals surface area (Å²) in [5, 5.41) is 5.11. The van der Waals surface area contributed by atoms with Gasteiger partial charge in [-0.15, -0.1) is 12.6 Å². The first-order chi connectivity index (χ1) is 7.74. The summed E-state index contributed by atoms with van der Waals surface area (Å²) in [5.74, 6) is 1.79. The highest BCUT2D eigenvalue weighted by Crippen LogP contribution is 2.33. The third kappa shape index (κ3) is 1.75. The summed E-state index contributed by atoms with van der Waals surface area (Å²) in [4.78, 5) is 4.41. The predicted octanol–water partition coefficient (Wildman–Crippen LogP) is 1.98. The molecule has 1 aliphatic rings. The molecule has 1 saturated carbocycles. The van der Waals surface area contributed by atoms with Gasteiger partial charge in [0.05, 0.1) is 23.0 Å². The summed E-state index contributed by atoms with van der Waals surface area (Å²) in [7, 11) is 1.92. The molecule has 5 heteroatoms. The lowest BCUT2D eigenvalue weighted by Crippen LogP contribution is -2.02. The van der Waals surface area contributed by atoms with Gasteiger partial charge >= 0.3 is 0 Å². The van der Waals surface area contributed by atoms with Gasteiger partial charge in [-0.2, -0.15) is 5.10 Å². The molecule has 0 spiro atoms. The Balaban J connectivity index is 1.99. The Morgan fingerprint density at radius 1 is 1.44 bits per heavy atom. The fourth-order valence-corrected chi connectivity index (χ4v) is 2.11. The highest BCUT2D eigenvalue weighted by atomic mass is 32.1. The fourth-order valence-electron chi connectivity index (χ4n) is 1.87. The van der Waals surface area contributed by atoms with Crippen molar-refractivity contribution in [2.24, 2.45) is 13.0 Å². The zero-order valence-corrected chi connectivity index (χ0v) is 10.1. The molecule has 84 valence electrons. The average Bonchev–Trinajstić information content (AvgIpc) is 2.87. The number of nitrogens with zero attached hydrogens (tertiary/aromatic N) is 4. The van der Waals surface area contributed by atoms with Crippen molar-refractivity contribution in [3.05, 3.63) is 18.6 Å². The number of aryl methyl sites for hydroxylation is 1. The van der Waals surface area contributed by atoms with Gasteiger partial charge in [0.15, 0.2) is 0 Å². The molecule has 0 N–H and O–H groups in total. The molecule has 0 unspecified atom stereocenters. The maximum atomic E-state index is 4.45. The standard InChI is InChI=1S/C11H14N4S/c1-14-7-9(4-13-14)11-12-5-10(16)15(11)6-8-2-3-8/h4-5,7-8,16H,2-3,6H2,1H3. The lowest BCUT2D eigenvalue weighted by Gasteiger charge is -2.06. The molecule has 16 heavy (non-hydrogen) atoms. The van der Waals surface area contributed by atoms with Crippen molar-refractivity contribution in [2.45, 2.75) is 24.4 Å². The monoisotopic (exact) mass is 234 g/mol. The molecule has 0 aliphatic heterocycles. The Bertz CT molecular complexity index is 510. The van der Waals surface area contributed by atoms with Crippen molar-refractivity contribution in [1.29, 1.82) is 0 Å². The normalized spacial score (nSPS) is 15.6. The van der Waals surface area contributed by atoms with E-state index < -0.39 is 0 Å². The fraction of sp³-hybridized carbons (Fsp3) is 0.455. The first-order valence-electron chi connectivity index (χ1n) is 5.47. The van der Waals surface area contributed by atoms with Crippen LogP contribution in [0.4, 0.5) is 0 Å². The molecular formula is C11H14N4S. The van der Waals surface area contributed by atoms with Crippen molar-refractivity contribution in [2.75, 3.05) is 0 Å². The van der Waals surface area contributed by atoms with Crippen LogP contribution in [0.1, 0.15) is 12.8 Å². The van der Waals surface area contributed by atoms with Crippen molar-refractivity contribution >= 4 is 12.6 Å². The second-order valence-corrected chi connectivity index (χ2v) is 4.85. The third-order valence-corrected chi connectivity index (χ3v) is 3.29. The lowest BCUT2D eigenvalue weighted by atomic mass is 10.3. The van der Waals surface area contributed by atoms with Gasteiger partial charge in [0.1, 0.15) is 5.82 Å². The predicted molar refractivity (Wildman–Crippen MR) is 64.4 cm³/mol. The van der Waals surface area contributed by atoms with Crippen LogP contribution in [0, 0.1) is 5.92 Å². The zero-order valence-electron chi connectivity index (χ0n) is 9.17. The van der Waals surface area contributed by atoms with Crippen molar-refractivity contribution in [1.82, 2.24) is 19.3 Å². The second-order valence-electron chi connectivity index (χ2n) is 4.40. The lowest BCUT2D eigenvalue weighted by molar-refractivity contribution is 0.596. The van der Waals surface area contributed by atoms with Crippen molar-refractivity contribution < 1.29 is 0 Å². The van der Waals surface area contributed by atoms with Crippen LogP contribution in [-0.2, 0) is 13.6 Å². The molecule has 0 amide bonds. The smallest absolute Gasteiger partial charge is 0.143 e. The van der Waals surface area contributed by atoms with Crippen LogP contribution in [-0.4, -0.2) is 19.3 Å². The third-order valence-electron chi connectivity index (χ3n) is 2.94. The van der Waals surface area contributed by atoms with E-state index in [1.165, 1.54) is 12.8 Å². The molecule has 3 rings (SSSR count). The van der Waals surface area contributed by atoms with Gasteiger partial charge in [0.2, 0.25) is 0 Å². The molecule has 0 atom stereocenters. The van der Waals surface area contributed by atoms with E-state index in [-0.39, 0.29) is 0 Å². The first kappa shape index (κ1) is 9.96. The highest BCUT2D eigenvalue weighted by molar-refractivity contribution is 7.80. The van der Waals surface area contributed by atoms with Gasteiger partial charge in [0.25, 0.3) is 0 Å². The number of thiol groups is 1. The van der Waals surface area contributed by atoms with E-state index >= 15 is 0 Å². The molecule has 0 saturated heterocycles. The molecule has 1 aliphatic carbocycles. The van der Waals surface area contributed by atoms with Gasteiger partial charge in [0, 0.05) is 19.8 Å². The molecule has 0 bridgehead atoms. The quantitative estimate of drug-likeness (QED) is 0.824. The largest absolute Gasteiger partial charge is 0.319 e. The summed E-state index contributed by atoms with van der Waals surface area (Å²) in [6.45, 7) is 1.03. The molecule has 2 heterocycles. The van der Waals surface area contributed by atoms with E-state index in [1.807, 2.05) is 25.6 Å². The van der Waals surface area contributed by atoms with Gasteiger partial charge in [-0.05, 0) is 18.8 Å².